The molecule has 0 spiro atoms. The summed E-state index contributed by atoms with van der Waals surface area (Å²) in [5, 5.41) is 6.73. The summed E-state index contributed by atoms with van der Waals surface area (Å²) in [7, 11) is 0. The maximum atomic E-state index is 5.68. The van der Waals surface area contributed by atoms with Crippen LogP contribution in [0.5, 0.6) is 11.8 Å². The maximum absolute atomic E-state index is 5.68. The Labute approximate surface area is 104 Å². The number of aromatic amines is 1. The van der Waals surface area contributed by atoms with Crippen LogP contribution >= 0.6 is 0 Å². The molecule has 2 heterocycles. The largest absolute Gasteiger partial charge is 0.419 e. The van der Waals surface area contributed by atoms with Crippen molar-refractivity contribution in [3.63, 3.8) is 0 Å². The first-order chi connectivity index (χ1) is 8.67. The quantitative estimate of drug-likeness (QED) is 0.831. The average molecular weight is 249 g/mol. The highest BCUT2D eigenvalue weighted by Gasteiger charge is 2.06. The zero-order valence-corrected chi connectivity index (χ0v) is 10.3. The van der Waals surface area contributed by atoms with Crippen molar-refractivity contribution in [3.8, 4) is 11.8 Å². The van der Waals surface area contributed by atoms with Crippen molar-refractivity contribution in [1.82, 2.24) is 20.2 Å². The molecular weight excluding hydrogens is 234 g/mol. The van der Waals surface area contributed by atoms with Crippen molar-refractivity contribution >= 4 is 5.82 Å². The molecule has 0 aliphatic rings. The topological polar surface area (TPSA) is 98.9 Å². The Balaban J connectivity index is 2.14. The SMILES string of the molecule is CCOCc1nc(N)cc(Oc2cc(C)[nH]n2)n1. The van der Waals surface area contributed by atoms with Gasteiger partial charge in [0, 0.05) is 24.4 Å². The van der Waals surface area contributed by atoms with Gasteiger partial charge in [-0.1, -0.05) is 0 Å². The minimum atomic E-state index is 0.303. The number of nitrogens with one attached hydrogen (secondary N) is 1. The summed E-state index contributed by atoms with van der Waals surface area (Å²) in [4.78, 5) is 8.24. The summed E-state index contributed by atoms with van der Waals surface area (Å²) in [6.07, 6.45) is 0. The average Bonchev–Trinajstić information content (AvgIpc) is 2.71. The Morgan fingerprint density at radius 1 is 1.28 bits per heavy atom. The fraction of sp³-hybridized carbons (Fsp3) is 0.364. The van der Waals surface area contributed by atoms with E-state index in [1.54, 1.807) is 12.1 Å². The number of aromatic nitrogens is 4. The van der Waals surface area contributed by atoms with E-state index in [2.05, 4.69) is 20.2 Å². The Kier molecular flexibility index (Phi) is 3.73. The van der Waals surface area contributed by atoms with Gasteiger partial charge in [0.15, 0.2) is 5.82 Å². The van der Waals surface area contributed by atoms with Gasteiger partial charge in [-0.15, -0.1) is 5.10 Å². The van der Waals surface area contributed by atoms with E-state index in [0.717, 1.165) is 5.69 Å². The van der Waals surface area contributed by atoms with Crippen LogP contribution in [-0.4, -0.2) is 26.8 Å². The lowest BCUT2D eigenvalue weighted by Crippen LogP contribution is -2.03. The van der Waals surface area contributed by atoms with Crippen molar-refractivity contribution in [3.05, 3.63) is 23.7 Å². The molecule has 0 aliphatic carbocycles. The van der Waals surface area contributed by atoms with Gasteiger partial charge in [0.2, 0.25) is 11.8 Å². The molecule has 0 atom stereocenters. The van der Waals surface area contributed by atoms with Crippen LogP contribution in [0.4, 0.5) is 5.82 Å². The molecular formula is C11H15N5O2. The first-order valence-electron chi connectivity index (χ1n) is 5.58. The van der Waals surface area contributed by atoms with E-state index in [-0.39, 0.29) is 0 Å². The van der Waals surface area contributed by atoms with Crippen molar-refractivity contribution in [2.24, 2.45) is 0 Å². The summed E-state index contributed by atoms with van der Waals surface area (Å²) in [5.41, 5.74) is 6.58. The number of aryl methyl sites for hydroxylation is 1. The zero-order valence-electron chi connectivity index (χ0n) is 10.3. The monoisotopic (exact) mass is 249 g/mol. The number of hydrogen-bond acceptors (Lipinski definition) is 6. The summed E-state index contributed by atoms with van der Waals surface area (Å²) >= 11 is 0. The van der Waals surface area contributed by atoms with E-state index in [4.69, 9.17) is 15.2 Å². The van der Waals surface area contributed by atoms with E-state index in [1.165, 1.54) is 0 Å². The molecule has 0 saturated carbocycles. The first-order valence-corrected chi connectivity index (χ1v) is 5.58. The smallest absolute Gasteiger partial charge is 0.240 e. The van der Waals surface area contributed by atoms with E-state index < -0.39 is 0 Å². The zero-order chi connectivity index (χ0) is 13.0. The highest BCUT2D eigenvalue weighted by molar-refractivity contribution is 5.34. The third-order valence-corrected chi connectivity index (χ3v) is 2.10. The Bertz CT molecular complexity index is 526. The standard InChI is InChI=1S/C11H15N5O2/c1-3-17-6-9-13-8(12)5-10(14-9)18-11-4-7(2)15-16-11/h4-5H,3,6H2,1-2H3,(H,15,16)(H2,12,13,14). The van der Waals surface area contributed by atoms with Crippen LogP contribution in [0, 0.1) is 6.92 Å². The molecule has 3 N–H and O–H groups in total. The molecule has 96 valence electrons. The van der Waals surface area contributed by atoms with Gasteiger partial charge >= 0.3 is 0 Å². The van der Waals surface area contributed by atoms with Gasteiger partial charge < -0.3 is 15.2 Å². The number of rotatable bonds is 5. The van der Waals surface area contributed by atoms with Gasteiger partial charge in [-0.3, -0.25) is 5.10 Å². The minimum Gasteiger partial charge on any atom is -0.419 e. The van der Waals surface area contributed by atoms with Crippen LogP contribution in [0.2, 0.25) is 0 Å². The molecule has 0 unspecified atom stereocenters. The minimum absolute atomic E-state index is 0.303. The molecule has 0 radical (unpaired) electrons. The lowest BCUT2D eigenvalue weighted by Gasteiger charge is -2.05. The van der Waals surface area contributed by atoms with Crippen LogP contribution in [0.3, 0.4) is 0 Å². The predicted octanol–water partition coefficient (Wildman–Crippen LogP) is 1.42. The molecule has 7 nitrogen and oxygen atoms in total. The van der Waals surface area contributed by atoms with E-state index in [0.29, 0.717) is 36.6 Å². The number of nitrogen functional groups attached to an aromatic ring is 1. The normalized spacial score (nSPS) is 10.6. The van der Waals surface area contributed by atoms with Crippen LogP contribution in [0.1, 0.15) is 18.4 Å². The van der Waals surface area contributed by atoms with Gasteiger partial charge in [0.05, 0.1) is 0 Å². The van der Waals surface area contributed by atoms with Crippen LogP contribution in [0.15, 0.2) is 12.1 Å². The van der Waals surface area contributed by atoms with E-state index in [9.17, 15) is 0 Å². The molecule has 0 fully saturated rings. The highest BCUT2D eigenvalue weighted by Crippen LogP contribution is 2.19. The van der Waals surface area contributed by atoms with Crippen molar-refractivity contribution in [2.45, 2.75) is 20.5 Å². The Hall–Kier alpha value is -2.15. The molecule has 18 heavy (non-hydrogen) atoms. The second-order valence-electron chi connectivity index (χ2n) is 3.68. The van der Waals surface area contributed by atoms with Crippen molar-refractivity contribution < 1.29 is 9.47 Å². The molecule has 2 aromatic heterocycles. The third-order valence-electron chi connectivity index (χ3n) is 2.10. The lowest BCUT2D eigenvalue weighted by atomic mass is 10.5. The van der Waals surface area contributed by atoms with Crippen LogP contribution < -0.4 is 10.5 Å². The molecule has 2 aromatic rings. The Morgan fingerprint density at radius 2 is 2.11 bits per heavy atom. The van der Waals surface area contributed by atoms with Gasteiger partial charge in [0.25, 0.3) is 0 Å². The van der Waals surface area contributed by atoms with Gasteiger partial charge in [-0.25, -0.2) is 4.98 Å². The Morgan fingerprint density at radius 3 is 2.78 bits per heavy atom. The molecule has 7 heteroatoms. The predicted molar refractivity (Wildman–Crippen MR) is 65.2 cm³/mol. The summed E-state index contributed by atoms with van der Waals surface area (Å²) < 4.78 is 10.7. The number of nitrogens with two attached hydrogens (primary N) is 1. The number of hydrogen-bond donors (Lipinski definition) is 2. The van der Waals surface area contributed by atoms with Crippen LogP contribution in [0.25, 0.3) is 0 Å². The third kappa shape index (κ3) is 3.17. The maximum Gasteiger partial charge on any atom is 0.240 e. The summed E-state index contributed by atoms with van der Waals surface area (Å²) in [6, 6.07) is 3.31. The lowest BCUT2D eigenvalue weighted by molar-refractivity contribution is 0.128. The van der Waals surface area contributed by atoms with Crippen molar-refractivity contribution in [2.75, 3.05) is 12.3 Å². The summed E-state index contributed by atoms with van der Waals surface area (Å²) in [5.74, 6) is 1.61. The van der Waals surface area contributed by atoms with Crippen molar-refractivity contribution in [1.29, 1.82) is 0 Å². The number of H-pyrrole nitrogens is 1. The van der Waals surface area contributed by atoms with Gasteiger partial charge in [-0.2, -0.15) is 4.98 Å². The number of nitrogens with zero attached hydrogens (tertiary/aromatic N) is 3. The van der Waals surface area contributed by atoms with Crippen LogP contribution in [-0.2, 0) is 11.3 Å². The molecule has 0 aliphatic heterocycles. The molecule has 0 aromatic carbocycles. The second-order valence-corrected chi connectivity index (χ2v) is 3.68. The van der Waals surface area contributed by atoms with Gasteiger partial charge in [0.1, 0.15) is 12.4 Å². The fourth-order valence-electron chi connectivity index (χ4n) is 1.35. The molecule has 0 amide bonds. The molecule has 0 bridgehead atoms. The second kappa shape index (κ2) is 5.46. The van der Waals surface area contributed by atoms with E-state index >= 15 is 0 Å². The molecule has 2 rings (SSSR count). The van der Waals surface area contributed by atoms with Gasteiger partial charge in [-0.05, 0) is 13.8 Å². The molecule has 0 saturated heterocycles. The fourth-order valence-corrected chi connectivity index (χ4v) is 1.35. The van der Waals surface area contributed by atoms with E-state index in [1.807, 2.05) is 13.8 Å². The number of anilines is 1. The number of ether oxygens (including phenoxy) is 2. The summed E-state index contributed by atoms with van der Waals surface area (Å²) in [6.45, 7) is 4.68. The first kappa shape index (κ1) is 12.3. The highest BCUT2D eigenvalue weighted by atomic mass is 16.5.